The van der Waals surface area contributed by atoms with Crippen molar-refractivity contribution in [2.24, 2.45) is 0 Å². The minimum absolute atomic E-state index is 0.0211. The van der Waals surface area contributed by atoms with Gasteiger partial charge in [-0.2, -0.15) is 0 Å². The Labute approximate surface area is 122 Å². The second-order valence-electron chi connectivity index (χ2n) is 4.72. The van der Waals surface area contributed by atoms with Crippen LogP contribution in [0.25, 0.3) is 10.8 Å². The molecule has 0 saturated carbocycles. The molecule has 0 aliphatic carbocycles. The fourth-order valence-corrected chi connectivity index (χ4v) is 2.18. The zero-order valence-electron chi connectivity index (χ0n) is 11.3. The minimum Gasteiger partial charge on any atom is -0.507 e. The molecule has 0 radical (unpaired) electrons. The van der Waals surface area contributed by atoms with Gasteiger partial charge in [-0.25, -0.2) is 0 Å². The standard InChI is InChI=1S/C17H14N2O2/c20-16-10-13-6-2-1-5-12(13)9-15(16)17(21)19-11-14-7-3-4-8-18-14/h1-10,20H,11H2,(H,19,21). The molecule has 0 atom stereocenters. The molecule has 1 heterocycles. The van der Waals surface area contributed by atoms with Gasteiger partial charge in [0.15, 0.2) is 0 Å². The first kappa shape index (κ1) is 13.1. The highest BCUT2D eigenvalue weighted by Gasteiger charge is 2.12. The number of amides is 1. The topological polar surface area (TPSA) is 62.2 Å². The molecule has 21 heavy (non-hydrogen) atoms. The van der Waals surface area contributed by atoms with E-state index in [0.29, 0.717) is 6.54 Å². The summed E-state index contributed by atoms with van der Waals surface area (Å²) in [7, 11) is 0. The average Bonchev–Trinajstić information content (AvgIpc) is 2.53. The summed E-state index contributed by atoms with van der Waals surface area (Å²) in [6.45, 7) is 0.325. The lowest BCUT2D eigenvalue weighted by atomic mass is 10.1. The Morgan fingerprint density at radius 2 is 1.76 bits per heavy atom. The van der Waals surface area contributed by atoms with Gasteiger partial charge in [-0.15, -0.1) is 0 Å². The molecule has 0 aliphatic heterocycles. The molecular formula is C17H14N2O2. The summed E-state index contributed by atoms with van der Waals surface area (Å²) >= 11 is 0. The zero-order chi connectivity index (χ0) is 14.7. The fourth-order valence-electron chi connectivity index (χ4n) is 2.18. The van der Waals surface area contributed by atoms with Crippen LogP contribution >= 0.6 is 0 Å². The first-order chi connectivity index (χ1) is 10.2. The molecule has 0 aliphatic rings. The highest BCUT2D eigenvalue weighted by Crippen LogP contribution is 2.24. The van der Waals surface area contributed by atoms with E-state index in [9.17, 15) is 9.90 Å². The van der Waals surface area contributed by atoms with Crippen LogP contribution in [0.3, 0.4) is 0 Å². The van der Waals surface area contributed by atoms with Gasteiger partial charge in [-0.05, 0) is 35.0 Å². The van der Waals surface area contributed by atoms with Crippen LogP contribution in [0.4, 0.5) is 0 Å². The molecular weight excluding hydrogens is 264 g/mol. The lowest BCUT2D eigenvalue weighted by Gasteiger charge is -2.08. The Bertz CT molecular complexity index is 785. The van der Waals surface area contributed by atoms with Gasteiger partial charge >= 0.3 is 0 Å². The van der Waals surface area contributed by atoms with Crippen molar-refractivity contribution in [3.8, 4) is 5.75 Å². The Balaban J connectivity index is 1.82. The third kappa shape index (κ3) is 2.84. The largest absolute Gasteiger partial charge is 0.507 e. The summed E-state index contributed by atoms with van der Waals surface area (Å²) in [4.78, 5) is 16.3. The van der Waals surface area contributed by atoms with E-state index in [1.165, 1.54) is 0 Å². The quantitative estimate of drug-likeness (QED) is 0.774. The van der Waals surface area contributed by atoms with Crippen LogP contribution in [-0.2, 0) is 6.54 Å². The summed E-state index contributed by atoms with van der Waals surface area (Å²) in [6.07, 6.45) is 1.68. The van der Waals surface area contributed by atoms with Crippen molar-refractivity contribution in [3.05, 3.63) is 72.1 Å². The van der Waals surface area contributed by atoms with Gasteiger partial charge in [-0.1, -0.05) is 30.3 Å². The molecule has 0 fully saturated rings. The summed E-state index contributed by atoms with van der Waals surface area (Å²) in [5.41, 5.74) is 1.04. The van der Waals surface area contributed by atoms with Gasteiger partial charge in [0.2, 0.25) is 0 Å². The predicted octanol–water partition coefficient (Wildman–Crippen LogP) is 2.87. The summed E-state index contributed by atoms with van der Waals surface area (Å²) < 4.78 is 0. The van der Waals surface area contributed by atoms with Crippen molar-refractivity contribution < 1.29 is 9.90 Å². The summed E-state index contributed by atoms with van der Waals surface area (Å²) in [5, 5.41) is 14.6. The van der Waals surface area contributed by atoms with E-state index in [1.807, 2.05) is 42.5 Å². The lowest BCUT2D eigenvalue weighted by molar-refractivity contribution is 0.0948. The summed E-state index contributed by atoms with van der Waals surface area (Å²) in [5.74, 6) is -0.337. The highest BCUT2D eigenvalue weighted by atomic mass is 16.3. The lowest BCUT2D eigenvalue weighted by Crippen LogP contribution is -2.23. The van der Waals surface area contributed by atoms with Gasteiger partial charge in [0.1, 0.15) is 5.75 Å². The molecule has 2 aromatic carbocycles. The molecule has 0 bridgehead atoms. The van der Waals surface area contributed by atoms with Crippen molar-refractivity contribution in [2.75, 3.05) is 0 Å². The number of rotatable bonds is 3. The number of benzene rings is 2. The van der Waals surface area contributed by atoms with Crippen LogP contribution < -0.4 is 5.32 Å². The van der Waals surface area contributed by atoms with Gasteiger partial charge in [0, 0.05) is 6.20 Å². The number of nitrogens with zero attached hydrogens (tertiary/aromatic N) is 1. The van der Waals surface area contributed by atoms with E-state index in [4.69, 9.17) is 0 Å². The van der Waals surface area contributed by atoms with E-state index >= 15 is 0 Å². The normalized spacial score (nSPS) is 10.5. The number of aromatic hydroxyl groups is 1. The maximum absolute atomic E-state index is 12.2. The number of phenols is 1. The number of hydrogen-bond acceptors (Lipinski definition) is 3. The second kappa shape index (κ2) is 5.63. The van der Waals surface area contributed by atoms with Crippen LogP contribution in [0.1, 0.15) is 16.1 Å². The molecule has 3 rings (SSSR count). The molecule has 0 unspecified atom stereocenters. The second-order valence-corrected chi connectivity index (χ2v) is 4.72. The van der Waals surface area contributed by atoms with Crippen LogP contribution in [0.2, 0.25) is 0 Å². The average molecular weight is 278 g/mol. The van der Waals surface area contributed by atoms with E-state index in [2.05, 4.69) is 10.3 Å². The molecule has 4 heteroatoms. The first-order valence-electron chi connectivity index (χ1n) is 6.64. The van der Waals surface area contributed by atoms with Crippen LogP contribution in [0, 0.1) is 0 Å². The monoisotopic (exact) mass is 278 g/mol. The number of phenolic OH excluding ortho intramolecular Hbond substituents is 1. The zero-order valence-corrected chi connectivity index (χ0v) is 11.3. The predicted molar refractivity (Wildman–Crippen MR) is 81.0 cm³/mol. The number of aromatic nitrogens is 1. The number of nitrogens with one attached hydrogen (secondary N) is 1. The van der Waals surface area contributed by atoms with E-state index in [0.717, 1.165) is 16.5 Å². The Morgan fingerprint density at radius 1 is 1.05 bits per heavy atom. The van der Waals surface area contributed by atoms with Crippen molar-refractivity contribution in [2.45, 2.75) is 6.54 Å². The minimum atomic E-state index is -0.316. The van der Waals surface area contributed by atoms with Crippen molar-refractivity contribution in [1.29, 1.82) is 0 Å². The van der Waals surface area contributed by atoms with Gasteiger partial charge < -0.3 is 10.4 Å². The maximum atomic E-state index is 12.2. The smallest absolute Gasteiger partial charge is 0.255 e. The Morgan fingerprint density at radius 3 is 2.48 bits per heavy atom. The van der Waals surface area contributed by atoms with Gasteiger partial charge in [0.25, 0.3) is 5.91 Å². The van der Waals surface area contributed by atoms with Crippen molar-refractivity contribution in [3.63, 3.8) is 0 Å². The molecule has 3 aromatic rings. The fraction of sp³-hybridized carbons (Fsp3) is 0.0588. The molecule has 1 amide bonds. The van der Waals surface area contributed by atoms with Crippen LogP contribution in [-0.4, -0.2) is 16.0 Å². The van der Waals surface area contributed by atoms with E-state index in [-0.39, 0.29) is 17.2 Å². The van der Waals surface area contributed by atoms with Crippen molar-refractivity contribution >= 4 is 16.7 Å². The maximum Gasteiger partial charge on any atom is 0.255 e. The first-order valence-corrected chi connectivity index (χ1v) is 6.64. The summed E-state index contributed by atoms with van der Waals surface area (Å²) in [6, 6.07) is 16.4. The third-order valence-electron chi connectivity index (χ3n) is 3.26. The third-order valence-corrected chi connectivity index (χ3v) is 3.26. The number of hydrogen-bond donors (Lipinski definition) is 2. The number of carbonyl (C=O) groups is 1. The molecule has 0 spiro atoms. The molecule has 0 saturated heterocycles. The number of pyridine rings is 1. The molecule has 1 aromatic heterocycles. The van der Waals surface area contributed by atoms with E-state index < -0.39 is 0 Å². The van der Waals surface area contributed by atoms with Gasteiger partial charge in [0.05, 0.1) is 17.8 Å². The molecule has 4 nitrogen and oxygen atoms in total. The van der Waals surface area contributed by atoms with Crippen LogP contribution in [0.15, 0.2) is 60.8 Å². The Kier molecular flexibility index (Phi) is 3.51. The van der Waals surface area contributed by atoms with Gasteiger partial charge in [-0.3, -0.25) is 9.78 Å². The molecule has 104 valence electrons. The molecule has 2 N–H and O–H groups in total. The SMILES string of the molecule is O=C(NCc1ccccn1)c1cc2ccccc2cc1O. The Hall–Kier alpha value is -2.88. The van der Waals surface area contributed by atoms with E-state index in [1.54, 1.807) is 18.3 Å². The van der Waals surface area contributed by atoms with Crippen LogP contribution in [0.5, 0.6) is 5.75 Å². The number of carbonyl (C=O) groups excluding carboxylic acids is 1. The highest BCUT2D eigenvalue weighted by molar-refractivity contribution is 6.01. The number of fused-ring (bicyclic) bond motifs is 1. The van der Waals surface area contributed by atoms with Crippen molar-refractivity contribution in [1.82, 2.24) is 10.3 Å².